The Balaban J connectivity index is 2.32. The highest BCUT2D eigenvalue weighted by molar-refractivity contribution is 7.92. The first kappa shape index (κ1) is 21.4. The van der Waals surface area contributed by atoms with Gasteiger partial charge < -0.3 is 10.6 Å². The Hall–Kier alpha value is -2.87. The molecule has 0 radical (unpaired) electrons. The van der Waals surface area contributed by atoms with Crippen molar-refractivity contribution >= 4 is 33.2 Å². The summed E-state index contributed by atoms with van der Waals surface area (Å²) in [6, 6.07) is 11.5. The smallest absolute Gasteiger partial charge is 0.256 e. The number of hydrogen-bond donors (Lipinski definition) is 3. The predicted octanol–water partition coefficient (Wildman–Crippen LogP) is 3.15. The molecule has 0 aliphatic heterocycles. The second-order valence-corrected chi connectivity index (χ2v) is 9.30. The van der Waals surface area contributed by atoms with Gasteiger partial charge in [0.1, 0.15) is 0 Å². The first-order valence-electron chi connectivity index (χ1n) is 8.68. The molecule has 0 unspecified atom stereocenters. The van der Waals surface area contributed by atoms with E-state index in [1.807, 2.05) is 20.8 Å². The molecule has 8 heteroatoms. The molecule has 0 heterocycles. The zero-order valence-corrected chi connectivity index (χ0v) is 17.4. The van der Waals surface area contributed by atoms with Gasteiger partial charge in [0.15, 0.2) is 0 Å². The van der Waals surface area contributed by atoms with Crippen LogP contribution in [0.2, 0.25) is 0 Å². The Morgan fingerprint density at radius 3 is 2.04 bits per heavy atom. The van der Waals surface area contributed by atoms with E-state index >= 15 is 0 Å². The molecular weight excluding hydrogens is 378 g/mol. The van der Waals surface area contributed by atoms with Crippen LogP contribution in [0.1, 0.15) is 47.1 Å². The van der Waals surface area contributed by atoms with Gasteiger partial charge in [-0.15, -0.1) is 0 Å². The molecule has 3 N–H and O–H groups in total. The fourth-order valence-corrected chi connectivity index (χ4v) is 3.20. The number of carbonyl (C=O) groups excluding carboxylic acids is 2. The molecule has 0 aromatic heterocycles. The van der Waals surface area contributed by atoms with Crippen molar-refractivity contribution in [1.82, 2.24) is 5.32 Å². The summed E-state index contributed by atoms with van der Waals surface area (Å²) in [5.74, 6) is -0.738. The van der Waals surface area contributed by atoms with Crippen molar-refractivity contribution in [3.8, 4) is 0 Å². The number of para-hydroxylation sites is 1. The van der Waals surface area contributed by atoms with Gasteiger partial charge in [-0.2, -0.15) is 0 Å². The van der Waals surface area contributed by atoms with Gasteiger partial charge in [0.2, 0.25) is 10.0 Å². The number of amides is 2. The summed E-state index contributed by atoms with van der Waals surface area (Å²) in [6.07, 6.45) is 1.04. The van der Waals surface area contributed by atoms with Crippen molar-refractivity contribution in [3.63, 3.8) is 0 Å². The van der Waals surface area contributed by atoms with Crippen LogP contribution in [-0.4, -0.2) is 32.0 Å². The van der Waals surface area contributed by atoms with Crippen LogP contribution in [0.5, 0.6) is 0 Å². The van der Waals surface area contributed by atoms with Crippen molar-refractivity contribution < 1.29 is 18.0 Å². The van der Waals surface area contributed by atoms with Crippen molar-refractivity contribution in [2.45, 2.75) is 33.2 Å². The molecule has 2 aromatic rings. The van der Waals surface area contributed by atoms with Crippen LogP contribution in [0.15, 0.2) is 42.5 Å². The van der Waals surface area contributed by atoms with E-state index in [2.05, 4.69) is 15.4 Å². The molecule has 0 bridgehead atoms. The van der Waals surface area contributed by atoms with E-state index in [4.69, 9.17) is 0 Å². The largest absolute Gasteiger partial charge is 0.347 e. The van der Waals surface area contributed by atoms with Gasteiger partial charge in [0.05, 0.1) is 23.2 Å². The summed E-state index contributed by atoms with van der Waals surface area (Å²) in [4.78, 5) is 25.3. The first-order chi connectivity index (χ1) is 12.9. The fourth-order valence-electron chi connectivity index (χ4n) is 2.58. The maximum absolute atomic E-state index is 12.8. The minimum atomic E-state index is -3.47. The van der Waals surface area contributed by atoms with Crippen LogP contribution < -0.4 is 15.4 Å². The number of anilines is 2. The molecule has 0 fully saturated rings. The number of sulfonamides is 1. The molecule has 28 heavy (non-hydrogen) atoms. The van der Waals surface area contributed by atoms with E-state index in [-0.39, 0.29) is 5.91 Å². The van der Waals surface area contributed by atoms with Crippen molar-refractivity contribution in [2.24, 2.45) is 0 Å². The molecule has 0 aliphatic carbocycles. The minimum Gasteiger partial charge on any atom is -0.347 e. The zero-order chi connectivity index (χ0) is 21.1. The summed E-state index contributed by atoms with van der Waals surface area (Å²) in [5, 5.41) is 5.62. The molecule has 0 aliphatic rings. The van der Waals surface area contributed by atoms with Crippen LogP contribution >= 0.6 is 0 Å². The van der Waals surface area contributed by atoms with E-state index in [0.717, 1.165) is 6.26 Å². The predicted molar refractivity (Wildman–Crippen MR) is 111 cm³/mol. The summed E-state index contributed by atoms with van der Waals surface area (Å²) in [5.41, 5.74) is 1.41. The van der Waals surface area contributed by atoms with Crippen LogP contribution in [0.25, 0.3) is 0 Å². The standard InChI is InChI=1S/C20H25N3O4S/c1-13-14(10-8-12-16(13)23-28(5,26)27)18(24)21-17-11-7-6-9-15(17)19(25)22-20(2,3)4/h6-12,23H,1-5H3,(H,21,24)(H,22,25). The zero-order valence-electron chi connectivity index (χ0n) is 16.6. The lowest BCUT2D eigenvalue weighted by molar-refractivity contribution is 0.0920. The number of nitrogens with one attached hydrogen (secondary N) is 3. The van der Waals surface area contributed by atoms with Crippen LogP contribution in [0, 0.1) is 6.92 Å². The lowest BCUT2D eigenvalue weighted by Crippen LogP contribution is -2.40. The van der Waals surface area contributed by atoms with Crippen LogP contribution in [-0.2, 0) is 10.0 Å². The van der Waals surface area contributed by atoms with Gasteiger partial charge in [-0.3, -0.25) is 14.3 Å². The maximum Gasteiger partial charge on any atom is 0.256 e. The third kappa shape index (κ3) is 5.82. The molecule has 2 amide bonds. The lowest BCUT2D eigenvalue weighted by Gasteiger charge is -2.21. The second kappa shape index (κ2) is 8.02. The number of rotatable bonds is 5. The summed E-state index contributed by atoms with van der Waals surface area (Å²) < 4.78 is 25.4. The second-order valence-electron chi connectivity index (χ2n) is 7.56. The molecule has 0 spiro atoms. The molecule has 0 atom stereocenters. The van der Waals surface area contributed by atoms with E-state index in [1.165, 1.54) is 0 Å². The molecule has 7 nitrogen and oxygen atoms in total. The monoisotopic (exact) mass is 403 g/mol. The number of carbonyl (C=O) groups is 2. The quantitative estimate of drug-likeness (QED) is 0.713. The Morgan fingerprint density at radius 1 is 0.857 bits per heavy atom. The highest BCUT2D eigenvalue weighted by Crippen LogP contribution is 2.22. The summed E-state index contributed by atoms with van der Waals surface area (Å²) in [6.45, 7) is 7.27. The van der Waals surface area contributed by atoms with E-state index < -0.39 is 21.5 Å². The Bertz CT molecular complexity index is 1010. The van der Waals surface area contributed by atoms with E-state index in [9.17, 15) is 18.0 Å². The maximum atomic E-state index is 12.8. The fraction of sp³-hybridized carbons (Fsp3) is 0.300. The number of hydrogen-bond acceptors (Lipinski definition) is 4. The highest BCUT2D eigenvalue weighted by Gasteiger charge is 2.20. The molecule has 150 valence electrons. The van der Waals surface area contributed by atoms with Crippen molar-refractivity contribution in [2.75, 3.05) is 16.3 Å². The SMILES string of the molecule is Cc1c(NS(C)(=O)=O)cccc1C(=O)Nc1ccccc1C(=O)NC(C)(C)C. The molecular formula is C20H25N3O4S. The van der Waals surface area contributed by atoms with Crippen LogP contribution in [0.3, 0.4) is 0 Å². The third-order valence-electron chi connectivity index (χ3n) is 3.78. The van der Waals surface area contributed by atoms with Crippen LogP contribution in [0.4, 0.5) is 11.4 Å². The Kier molecular flexibility index (Phi) is 6.14. The van der Waals surface area contributed by atoms with E-state index in [1.54, 1.807) is 49.4 Å². The average molecular weight is 404 g/mol. The highest BCUT2D eigenvalue weighted by atomic mass is 32.2. The van der Waals surface area contributed by atoms with Crippen molar-refractivity contribution in [1.29, 1.82) is 0 Å². The topological polar surface area (TPSA) is 104 Å². The molecule has 2 rings (SSSR count). The van der Waals surface area contributed by atoms with Gasteiger partial charge in [0.25, 0.3) is 11.8 Å². The number of benzene rings is 2. The molecule has 0 saturated heterocycles. The van der Waals surface area contributed by atoms with E-state index in [0.29, 0.717) is 28.1 Å². The Morgan fingerprint density at radius 2 is 1.43 bits per heavy atom. The molecule has 2 aromatic carbocycles. The summed E-state index contributed by atoms with van der Waals surface area (Å²) in [7, 11) is -3.47. The average Bonchev–Trinajstić information content (AvgIpc) is 2.54. The third-order valence-corrected chi connectivity index (χ3v) is 4.37. The van der Waals surface area contributed by atoms with Gasteiger partial charge in [-0.05, 0) is 57.5 Å². The summed E-state index contributed by atoms with van der Waals surface area (Å²) >= 11 is 0. The lowest BCUT2D eigenvalue weighted by atomic mass is 10.0. The van der Waals surface area contributed by atoms with Gasteiger partial charge in [0, 0.05) is 11.1 Å². The van der Waals surface area contributed by atoms with Gasteiger partial charge >= 0.3 is 0 Å². The normalized spacial score (nSPS) is 11.6. The minimum absolute atomic E-state index is 0.299. The van der Waals surface area contributed by atoms with Gasteiger partial charge in [-0.25, -0.2) is 8.42 Å². The molecule has 0 saturated carbocycles. The Labute approximate surface area is 165 Å². The van der Waals surface area contributed by atoms with Gasteiger partial charge in [-0.1, -0.05) is 18.2 Å². The first-order valence-corrected chi connectivity index (χ1v) is 10.6. The van der Waals surface area contributed by atoms with Crippen molar-refractivity contribution in [3.05, 3.63) is 59.2 Å².